The Kier molecular flexibility index (Phi) is 7.15. The van der Waals surface area contributed by atoms with Gasteiger partial charge in [0.05, 0.1) is 5.92 Å². The van der Waals surface area contributed by atoms with Gasteiger partial charge in [0.2, 0.25) is 0 Å². The number of aliphatic carboxylic acids is 1. The number of benzene rings is 2. The Balaban J connectivity index is 1.98. The first-order chi connectivity index (χ1) is 15.4. The average Bonchev–Trinajstić information content (AvgIpc) is 3.04. The van der Waals surface area contributed by atoms with E-state index in [0.717, 1.165) is 33.3 Å². The molecule has 0 aliphatic rings. The molecule has 0 saturated heterocycles. The first-order valence-electron chi connectivity index (χ1n) is 11.3. The summed E-state index contributed by atoms with van der Waals surface area (Å²) in [5.74, 6) is -1.26. The first-order valence-corrected chi connectivity index (χ1v) is 11.3. The molecule has 3 rings (SSSR count). The summed E-state index contributed by atoms with van der Waals surface area (Å²) in [6, 6.07) is 12.5. The molecule has 33 heavy (non-hydrogen) atoms. The molecule has 0 bridgehead atoms. The SMILES string of the molecule is Cc1cc(C)cc(-c2[nH]c3ccc(CC(C)C(=O)O)cc3c2CCNC(=O)OC(C)(C)C)c1. The van der Waals surface area contributed by atoms with Crippen LogP contribution in [-0.4, -0.2) is 34.3 Å². The number of carbonyl (C=O) groups excluding carboxylic acids is 1. The lowest BCUT2D eigenvalue weighted by Crippen LogP contribution is -2.33. The Morgan fingerprint density at radius 1 is 1.09 bits per heavy atom. The van der Waals surface area contributed by atoms with E-state index in [0.29, 0.717) is 19.4 Å². The van der Waals surface area contributed by atoms with Crippen molar-refractivity contribution in [2.75, 3.05) is 6.54 Å². The molecule has 1 amide bonds. The van der Waals surface area contributed by atoms with Gasteiger partial charge in [0.25, 0.3) is 0 Å². The summed E-state index contributed by atoms with van der Waals surface area (Å²) < 4.78 is 5.36. The lowest BCUT2D eigenvalue weighted by atomic mass is 9.96. The zero-order valence-corrected chi connectivity index (χ0v) is 20.3. The largest absolute Gasteiger partial charge is 0.481 e. The van der Waals surface area contributed by atoms with Crippen molar-refractivity contribution in [2.45, 2.75) is 60.0 Å². The monoisotopic (exact) mass is 450 g/mol. The normalized spacial score (nSPS) is 12.5. The molecule has 0 spiro atoms. The third kappa shape index (κ3) is 6.37. The van der Waals surface area contributed by atoms with Gasteiger partial charge in [-0.05, 0) is 88.4 Å². The number of H-pyrrole nitrogens is 1. The van der Waals surface area contributed by atoms with Crippen LogP contribution in [0.25, 0.3) is 22.2 Å². The summed E-state index contributed by atoms with van der Waals surface area (Å²) in [6.07, 6.45) is 0.635. The number of amides is 1. The van der Waals surface area contributed by atoms with Crippen molar-refractivity contribution in [1.82, 2.24) is 10.3 Å². The van der Waals surface area contributed by atoms with Crippen LogP contribution in [0.3, 0.4) is 0 Å². The summed E-state index contributed by atoms with van der Waals surface area (Å²) in [5, 5.41) is 13.2. The minimum atomic E-state index is -0.804. The number of carbonyl (C=O) groups is 2. The molecule has 2 aromatic carbocycles. The Bertz CT molecular complexity index is 1150. The number of ether oxygens (including phenoxy) is 1. The highest BCUT2D eigenvalue weighted by atomic mass is 16.6. The van der Waals surface area contributed by atoms with Gasteiger partial charge in [-0.3, -0.25) is 4.79 Å². The van der Waals surface area contributed by atoms with Gasteiger partial charge in [0.1, 0.15) is 5.60 Å². The second-order valence-corrected chi connectivity index (χ2v) is 9.86. The summed E-state index contributed by atoms with van der Waals surface area (Å²) in [5.41, 5.74) is 6.98. The molecule has 176 valence electrons. The van der Waals surface area contributed by atoms with Crippen LogP contribution >= 0.6 is 0 Å². The maximum atomic E-state index is 12.1. The molecule has 3 N–H and O–H groups in total. The lowest BCUT2D eigenvalue weighted by molar-refractivity contribution is -0.141. The summed E-state index contributed by atoms with van der Waals surface area (Å²) in [7, 11) is 0. The number of aryl methyl sites for hydroxylation is 2. The van der Waals surface area contributed by atoms with E-state index in [2.05, 4.69) is 48.4 Å². The zero-order valence-electron chi connectivity index (χ0n) is 20.3. The Labute approximate surface area is 195 Å². The average molecular weight is 451 g/mol. The Hall–Kier alpha value is -3.28. The number of nitrogens with one attached hydrogen (secondary N) is 2. The van der Waals surface area contributed by atoms with E-state index in [1.807, 2.05) is 32.9 Å². The van der Waals surface area contributed by atoms with Crippen molar-refractivity contribution >= 4 is 23.0 Å². The second-order valence-electron chi connectivity index (χ2n) is 9.86. The Morgan fingerprint density at radius 2 is 1.76 bits per heavy atom. The molecule has 0 saturated carbocycles. The molecule has 1 unspecified atom stereocenters. The summed E-state index contributed by atoms with van der Waals surface area (Å²) >= 11 is 0. The van der Waals surface area contributed by atoms with Gasteiger partial charge in [-0.1, -0.05) is 30.2 Å². The van der Waals surface area contributed by atoms with Crippen LogP contribution in [0.15, 0.2) is 36.4 Å². The van der Waals surface area contributed by atoms with Crippen LogP contribution in [0.2, 0.25) is 0 Å². The van der Waals surface area contributed by atoms with Crippen LogP contribution in [-0.2, 0) is 22.4 Å². The molecule has 6 nitrogen and oxygen atoms in total. The van der Waals surface area contributed by atoms with Crippen molar-refractivity contribution in [3.63, 3.8) is 0 Å². The van der Waals surface area contributed by atoms with E-state index in [1.165, 1.54) is 11.1 Å². The third-order valence-corrected chi connectivity index (χ3v) is 5.49. The number of aromatic nitrogens is 1. The fourth-order valence-electron chi connectivity index (χ4n) is 4.09. The van der Waals surface area contributed by atoms with Crippen LogP contribution in [0.5, 0.6) is 0 Å². The van der Waals surface area contributed by atoms with E-state index in [1.54, 1.807) is 6.92 Å². The molecule has 1 atom stereocenters. The van der Waals surface area contributed by atoms with Gasteiger partial charge in [-0.15, -0.1) is 0 Å². The van der Waals surface area contributed by atoms with Crippen molar-refractivity contribution in [3.8, 4) is 11.3 Å². The first kappa shape index (κ1) is 24.4. The number of carboxylic acids is 1. The van der Waals surface area contributed by atoms with Gasteiger partial charge >= 0.3 is 12.1 Å². The molecule has 1 heterocycles. The van der Waals surface area contributed by atoms with Crippen LogP contribution in [0.1, 0.15) is 49.9 Å². The predicted molar refractivity (Wildman–Crippen MR) is 132 cm³/mol. The van der Waals surface area contributed by atoms with Gasteiger partial charge in [-0.25, -0.2) is 4.79 Å². The highest BCUT2D eigenvalue weighted by Gasteiger charge is 2.19. The van der Waals surface area contributed by atoms with Gasteiger partial charge in [0, 0.05) is 23.1 Å². The zero-order chi connectivity index (χ0) is 24.3. The third-order valence-electron chi connectivity index (χ3n) is 5.49. The van der Waals surface area contributed by atoms with E-state index in [-0.39, 0.29) is 0 Å². The van der Waals surface area contributed by atoms with Crippen LogP contribution < -0.4 is 5.32 Å². The smallest absolute Gasteiger partial charge is 0.407 e. The van der Waals surface area contributed by atoms with Gasteiger partial charge in [-0.2, -0.15) is 0 Å². The minimum Gasteiger partial charge on any atom is -0.481 e. The van der Waals surface area contributed by atoms with Gasteiger partial charge in [0.15, 0.2) is 0 Å². The van der Waals surface area contributed by atoms with E-state index in [9.17, 15) is 14.7 Å². The molecule has 1 aromatic heterocycles. The molecule has 6 heteroatoms. The number of aromatic amines is 1. The fraction of sp³-hybridized carbons (Fsp3) is 0.407. The molecule has 0 radical (unpaired) electrons. The maximum Gasteiger partial charge on any atom is 0.407 e. The van der Waals surface area contributed by atoms with Crippen molar-refractivity contribution in [3.05, 3.63) is 58.7 Å². The van der Waals surface area contributed by atoms with Crippen molar-refractivity contribution in [2.24, 2.45) is 5.92 Å². The van der Waals surface area contributed by atoms with Crippen LogP contribution in [0.4, 0.5) is 4.79 Å². The van der Waals surface area contributed by atoms with Crippen molar-refractivity contribution in [1.29, 1.82) is 0 Å². The highest BCUT2D eigenvalue weighted by Crippen LogP contribution is 2.33. The van der Waals surface area contributed by atoms with E-state index >= 15 is 0 Å². The molecular formula is C27H34N2O4. The number of hydrogen-bond acceptors (Lipinski definition) is 3. The van der Waals surface area contributed by atoms with E-state index in [4.69, 9.17) is 4.74 Å². The number of rotatable bonds is 7. The number of fused-ring (bicyclic) bond motifs is 1. The maximum absolute atomic E-state index is 12.1. The second kappa shape index (κ2) is 9.69. The molecule has 0 aliphatic heterocycles. The molecule has 3 aromatic rings. The van der Waals surface area contributed by atoms with Crippen molar-refractivity contribution < 1.29 is 19.4 Å². The number of alkyl carbamates (subject to hydrolysis) is 1. The van der Waals surface area contributed by atoms with Gasteiger partial charge < -0.3 is 20.1 Å². The quantitative estimate of drug-likeness (QED) is 0.425. The predicted octanol–water partition coefficient (Wildman–Crippen LogP) is 5.78. The minimum absolute atomic E-state index is 0.426. The highest BCUT2D eigenvalue weighted by molar-refractivity contribution is 5.91. The molecular weight excluding hydrogens is 416 g/mol. The Morgan fingerprint density at radius 3 is 2.36 bits per heavy atom. The standard InChI is InChI=1S/C27H34N2O4/c1-16-11-17(2)13-20(12-16)24-21(9-10-28-26(32)33-27(4,5)6)22-15-19(7-8-23(22)29-24)14-18(3)25(30)31/h7-8,11-13,15,18,29H,9-10,14H2,1-6H3,(H,28,32)(H,30,31). The van der Waals surface area contributed by atoms with E-state index < -0.39 is 23.6 Å². The topological polar surface area (TPSA) is 91.4 Å². The number of hydrogen-bond donors (Lipinski definition) is 3. The molecule has 0 fully saturated rings. The summed E-state index contributed by atoms with van der Waals surface area (Å²) in [6.45, 7) is 11.8. The lowest BCUT2D eigenvalue weighted by Gasteiger charge is -2.19. The fourth-order valence-corrected chi connectivity index (χ4v) is 4.09. The summed E-state index contributed by atoms with van der Waals surface area (Å²) in [4.78, 5) is 27.0. The van der Waals surface area contributed by atoms with Crippen LogP contribution in [0, 0.1) is 19.8 Å². The molecule has 0 aliphatic carbocycles. The number of carboxylic acid groups (broad SMARTS) is 1.